The Balaban J connectivity index is 0.00000128. The van der Waals surface area contributed by atoms with Gasteiger partial charge in [0.05, 0.1) is 0 Å². The molecule has 1 aromatic rings. The predicted molar refractivity (Wildman–Crippen MR) is 72.1 cm³/mol. The number of halogens is 2. The van der Waals surface area contributed by atoms with E-state index in [2.05, 4.69) is 15.6 Å². The van der Waals surface area contributed by atoms with Gasteiger partial charge < -0.3 is 10.6 Å². The van der Waals surface area contributed by atoms with Gasteiger partial charge in [-0.3, -0.25) is 9.78 Å². The number of piperidine rings is 1. The SMILES string of the molecule is Cl.Cl.O=C(N[C@@H]1CCCNC1)c1ccccn1. The van der Waals surface area contributed by atoms with E-state index in [0.717, 1.165) is 25.9 Å². The highest BCUT2D eigenvalue weighted by Crippen LogP contribution is 2.02. The monoisotopic (exact) mass is 277 g/mol. The number of carbonyl (C=O) groups is 1. The Hall–Kier alpha value is -0.840. The summed E-state index contributed by atoms with van der Waals surface area (Å²) >= 11 is 0. The van der Waals surface area contributed by atoms with Gasteiger partial charge in [-0.1, -0.05) is 6.07 Å². The molecule has 1 saturated heterocycles. The average Bonchev–Trinajstić information content (AvgIpc) is 2.31. The maximum atomic E-state index is 11.7. The van der Waals surface area contributed by atoms with Crippen molar-refractivity contribution in [3.05, 3.63) is 30.1 Å². The van der Waals surface area contributed by atoms with Crippen LogP contribution in [0.15, 0.2) is 24.4 Å². The molecular formula is C11H17Cl2N3O. The van der Waals surface area contributed by atoms with Gasteiger partial charge in [-0.2, -0.15) is 0 Å². The first-order valence-corrected chi connectivity index (χ1v) is 5.29. The van der Waals surface area contributed by atoms with E-state index in [1.54, 1.807) is 18.3 Å². The number of carbonyl (C=O) groups excluding carboxylic acids is 1. The summed E-state index contributed by atoms with van der Waals surface area (Å²) < 4.78 is 0. The van der Waals surface area contributed by atoms with Crippen molar-refractivity contribution in [2.24, 2.45) is 0 Å². The summed E-state index contributed by atoms with van der Waals surface area (Å²) in [6.45, 7) is 1.91. The Labute approximate surface area is 113 Å². The van der Waals surface area contributed by atoms with Crippen LogP contribution in [0.25, 0.3) is 0 Å². The van der Waals surface area contributed by atoms with Crippen molar-refractivity contribution < 1.29 is 4.79 Å². The van der Waals surface area contributed by atoms with E-state index in [9.17, 15) is 4.79 Å². The van der Waals surface area contributed by atoms with Gasteiger partial charge in [-0.15, -0.1) is 24.8 Å². The minimum atomic E-state index is -0.0794. The molecule has 1 aromatic heterocycles. The lowest BCUT2D eigenvalue weighted by molar-refractivity contribution is 0.0925. The molecular weight excluding hydrogens is 261 g/mol. The minimum absolute atomic E-state index is 0. The molecule has 0 bridgehead atoms. The molecule has 1 amide bonds. The quantitative estimate of drug-likeness (QED) is 0.860. The number of nitrogens with one attached hydrogen (secondary N) is 2. The van der Waals surface area contributed by atoms with Gasteiger partial charge in [0.15, 0.2) is 0 Å². The zero-order valence-electron chi connectivity index (χ0n) is 9.39. The van der Waals surface area contributed by atoms with E-state index in [0.29, 0.717) is 5.69 Å². The highest BCUT2D eigenvalue weighted by atomic mass is 35.5. The molecule has 0 saturated carbocycles. The highest BCUT2D eigenvalue weighted by molar-refractivity contribution is 5.92. The van der Waals surface area contributed by atoms with Crippen molar-refractivity contribution in [2.45, 2.75) is 18.9 Å². The van der Waals surface area contributed by atoms with Gasteiger partial charge in [-0.25, -0.2) is 0 Å². The zero-order chi connectivity index (χ0) is 10.5. The number of hydrogen-bond donors (Lipinski definition) is 2. The molecule has 0 spiro atoms. The van der Waals surface area contributed by atoms with Crippen LogP contribution in [-0.4, -0.2) is 30.0 Å². The standard InChI is InChI=1S/C11H15N3O.2ClH/c15-11(10-5-1-2-7-13-10)14-9-4-3-6-12-8-9;;/h1-2,5,7,9,12H,3-4,6,8H2,(H,14,15);2*1H/t9-;;/m1../s1. The van der Waals surface area contributed by atoms with Gasteiger partial charge in [0, 0.05) is 18.8 Å². The fraction of sp³-hybridized carbons (Fsp3) is 0.455. The summed E-state index contributed by atoms with van der Waals surface area (Å²) in [4.78, 5) is 15.7. The Morgan fingerprint density at radius 2 is 2.24 bits per heavy atom. The van der Waals surface area contributed by atoms with Gasteiger partial charge >= 0.3 is 0 Å². The van der Waals surface area contributed by atoms with Gasteiger partial charge in [0.25, 0.3) is 5.91 Å². The fourth-order valence-corrected chi connectivity index (χ4v) is 1.73. The van der Waals surface area contributed by atoms with E-state index >= 15 is 0 Å². The van der Waals surface area contributed by atoms with Crippen molar-refractivity contribution in [2.75, 3.05) is 13.1 Å². The first-order chi connectivity index (χ1) is 7.36. The number of aromatic nitrogens is 1. The van der Waals surface area contributed by atoms with Crippen LogP contribution in [0.5, 0.6) is 0 Å². The second kappa shape index (κ2) is 8.28. The van der Waals surface area contributed by atoms with Crippen LogP contribution in [-0.2, 0) is 0 Å². The second-order valence-electron chi connectivity index (χ2n) is 3.73. The number of nitrogens with zero attached hydrogens (tertiary/aromatic N) is 1. The van der Waals surface area contributed by atoms with E-state index < -0.39 is 0 Å². The summed E-state index contributed by atoms with van der Waals surface area (Å²) in [5.41, 5.74) is 0.489. The van der Waals surface area contributed by atoms with Crippen molar-refractivity contribution in [1.29, 1.82) is 0 Å². The lowest BCUT2D eigenvalue weighted by Crippen LogP contribution is -2.45. The van der Waals surface area contributed by atoms with Crippen LogP contribution in [0.1, 0.15) is 23.3 Å². The molecule has 1 fully saturated rings. The largest absolute Gasteiger partial charge is 0.347 e. The van der Waals surface area contributed by atoms with Gasteiger partial charge in [0.1, 0.15) is 5.69 Å². The van der Waals surface area contributed by atoms with Crippen molar-refractivity contribution in [3.8, 4) is 0 Å². The van der Waals surface area contributed by atoms with Crippen molar-refractivity contribution in [3.63, 3.8) is 0 Å². The Morgan fingerprint density at radius 1 is 1.41 bits per heavy atom. The first-order valence-electron chi connectivity index (χ1n) is 5.29. The molecule has 0 radical (unpaired) electrons. The molecule has 1 aliphatic heterocycles. The minimum Gasteiger partial charge on any atom is -0.347 e. The van der Waals surface area contributed by atoms with E-state index in [-0.39, 0.29) is 36.8 Å². The molecule has 2 heterocycles. The third-order valence-corrected chi connectivity index (χ3v) is 2.53. The van der Waals surface area contributed by atoms with E-state index in [1.165, 1.54) is 0 Å². The van der Waals surface area contributed by atoms with Crippen molar-refractivity contribution >= 4 is 30.7 Å². The molecule has 6 heteroatoms. The van der Waals surface area contributed by atoms with Crippen LogP contribution < -0.4 is 10.6 Å². The molecule has 2 N–H and O–H groups in total. The third kappa shape index (κ3) is 4.89. The van der Waals surface area contributed by atoms with Crippen LogP contribution in [0.4, 0.5) is 0 Å². The van der Waals surface area contributed by atoms with E-state index in [1.807, 2.05) is 6.07 Å². The normalized spacial score (nSPS) is 18.5. The van der Waals surface area contributed by atoms with Crippen molar-refractivity contribution in [1.82, 2.24) is 15.6 Å². The lowest BCUT2D eigenvalue weighted by atomic mass is 10.1. The second-order valence-corrected chi connectivity index (χ2v) is 3.73. The third-order valence-electron chi connectivity index (χ3n) is 2.53. The number of rotatable bonds is 2. The number of hydrogen-bond acceptors (Lipinski definition) is 3. The average molecular weight is 278 g/mol. The molecule has 0 aliphatic carbocycles. The number of amides is 1. The Bertz CT molecular complexity index is 329. The van der Waals surface area contributed by atoms with Crippen LogP contribution in [0.3, 0.4) is 0 Å². The molecule has 0 aromatic carbocycles. The Kier molecular flexibility index (Phi) is 7.87. The predicted octanol–water partition coefficient (Wildman–Crippen LogP) is 1.41. The lowest BCUT2D eigenvalue weighted by Gasteiger charge is -2.23. The molecule has 96 valence electrons. The first kappa shape index (κ1) is 16.2. The van der Waals surface area contributed by atoms with Crippen LogP contribution in [0, 0.1) is 0 Å². The summed E-state index contributed by atoms with van der Waals surface area (Å²) in [6, 6.07) is 5.60. The summed E-state index contributed by atoms with van der Waals surface area (Å²) in [7, 11) is 0. The van der Waals surface area contributed by atoms with E-state index in [4.69, 9.17) is 0 Å². The zero-order valence-corrected chi connectivity index (χ0v) is 11.0. The van der Waals surface area contributed by atoms with Crippen LogP contribution >= 0.6 is 24.8 Å². The molecule has 1 aliphatic rings. The summed E-state index contributed by atoms with van der Waals surface area (Å²) in [5, 5.41) is 6.23. The highest BCUT2D eigenvalue weighted by Gasteiger charge is 2.16. The topological polar surface area (TPSA) is 54.0 Å². The van der Waals surface area contributed by atoms with Gasteiger partial charge in [0.2, 0.25) is 0 Å². The summed E-state index contributed by atoms with van der Waals surface area (Å²) in [6.07, 6.45) is 3.80. The van der Waals surface area contributed by atoms with Gasteiger partial charge in [-0.05, 0) is 31.5 Å². The molecule has 4 nitrogen and oxygen atoms in total. The smallest absolute Gasteiger partial charge is 0.270 e. The molecule has 17 heavy (non-hydrogen) atoms. The number of pyridine rings is 1. The fourth-order valence-electron chi connectivity index (χ4n) is 1.73. The maximum Gasteiger partial charge on any atom is 0.270 e. The maximum absolute atomic E-state index is 11.7. The summed E-state index contributed by atoms with van der Waals surface area (Å²) in [5.74, 6) is -0.0794. The molecule has 0 unspecified atom stereocenters. The molecule has 1 atom stereocenters. The van der Waals surface area contributed by atoms with Crippen LogP contribution in [0.2, 0.25) is 0 Å². The molecule has 2 rings (SSSR count). The Morgan fingerprint density at radius 3 is 2.82 bits per heavy atom.